The van der Waals surface area contributed by atoms with E-state index in [-0.39, 0.29) is 17.0 Å². The van der Waals surface area contributed by atoms with Gasteiger partial charge in [-0.05, 0) is 6.08 Å². The second kappa shape index (κ2) is 3.99. The van der Waals surface area contributed by atoms with Crippen LogP contribution in [0.3, 0.4) is 0 Å². The highest BCUT2D eigenvalue weighted by atomic mass is 32.2. The molecule has 0 aromatic heterocycles. The molecule has 0 rings (SSSR count). The SMILES string of the molecule is C=CC(=O)C[N+](C)(C)OS(C)(=O)=O. The van der Waals surface area contributed by atoms with Crippen molar-refractivity contribution in [2.75, 3.05) is 26.9 Å². The topological polar surface area (TPSA) is 60.4 Å². The molecule has 0 heterocycles. The van der Waals surface area contributed by atoms with Gasteiger partial charge < -0.3 is 0 Å². The van der Waals surface area contributed by atoms with E-state index >= 15 is 0 Å². The molecule has 0 aliphatic carbocycles. The predicted molar refractivity (Wildman–Crippen MR) is 48.1 cm³/mol. The molecule has 0 spiro atoms. The number of likely N-dealkylation sites (N-methyl/N-ethyl adjacent to an activating group) is 1. The van der Waals surface area contributed by atoms with Gasteiger partial charge in [0.1, 0.15) is 14.1 Å². The summed E-state index contributed by atoms with van der Waals surface area (Å²) in [7, 11) is -0.601. The number of quaternary nitrogens is 1. The van der Waals surface area contributed by atoms with Crippen LogP contribution in [0.2, 0.25) is 0 Å². The van der Waals surface area contributed by atoms with Crippen LogP contribution in [0.25, 0.3) is 0 Å². The molecule has 0 aromatic carbocycles. The van der Waals surface area contributed by atoms with Crippen molar-refractivity contribution in [2.24, 2.45) is 0 Å². The van der Waals surface area contributed by atoms with Gasteiger partial charge in [-0.1, -0.05) is 10.9 Å². The molecule has 0 radical (unpaired) electrons. The molecule has 13 heavy (non-hydrogen) atoms. The first kappa shape index (κ1) is 12.3. The first-order valence-electron chi connectivity index (χ1n) is 3.56. The van der Waals surface area contributed by atoms with E-state index in [1.807, 2.05) is 0 Å². The Bertz CT molecular complexity index is 304. The summed E-state index contributed by atoms with van der Waals surface area (Å²) in [5.41, 5.74) is 0. The molecule has 0 bridgehead atoms. The highest BCUT2D eigenvalue weighted by molar-refractivity contribution is 7.85. The van der Waals surface area contributed by atoms with Gasteiger partial charge in [0, 0.05) is 0 Å². The van der Waals surface area contributed by atoms with Crippen molar-refractivity contribution >= 4 is 15.9 Å². The smallest absolute Gasteiger partial charge is 0.288 e. The summed E-state index contributed by atoms with van der Waals surface area (Å²) in [6, 6.07) is 0. The van der Waals surface area contributed by atoms with Crippen LogP contribution in [-0.4, -0.2) is 45.7 Å². The Labute approximate surface area is 78.3 Å². The molecule has 0 saturated heterocycles. The van der Waals surface area contributed by atoms with Gasteiger partial charge >= 0.3 is 10.1 Å². The number of rotatable bonds is 5. The molecule has 0 N–H and O–H groups in total. The van der Waals surface area contributed by atoms with Gasteiger partial charge in [0.15, 0.2) is 6.54 Å². The number of hydrogen-bond acceptors (Lipinski definition) is 4. The van der Waals surface area contributed by atoms with Crippen LogP contribution in [0.4, 0.5) is 0 Å². The summed E-state index contributed by atoms with van der Waals surface area (Å²) in [5, 5.41) is 0. The summed E-state index contributed by atoms with van der Waals surface area (Å²) in [4.78, 5) is 10.9. The minimum absolute atomic E-state index is 0.0590. The number of carbonyl (C=O) groups is 1. The lowest BCUT2D eigenvalue weighted by Crippen LogP contribution is -2.44. The van der Waals surface area contributed by atoms with E-state index in [0.717, 1.165) is 12.3 Å². The lowest BCUT2D eigenvalue weighted by atomic mass is 10.4. The fourth-order valence-electron chi connectivity index (χ4n) is 0.833. The third-order valence-electron chi connectivity index (χ3n) is 1.10. The van der Waals surface area contributed by atoms with Crippen molar-refractivity contribution in [1.29, 1.82) is 0 Å². The average Bonchev–Trinajstić information content (AvgIpc) is 1.80. The molecule has 0 aromatic rings. The maximum absolute atomic E-state index is 10.9. The number of nitrogens with zero attached hydrogens (tertiary/aromatic N) is 1. The quantitative estimate of drug-likeness (QED) is 0.354. The normalized spacial score (nSPS) is 12.5. The highest BCUT2D eigenvalue weighted by Gasteiger charge is 2.25. The van der Waals surface area contributed by atoms with Crippen LogP contribution in [0.1, 0.15) is 0 Å². The molecule has 0 unspecified atom stereocenters. The number of hydroxylamine groups is 3. The standard InChI is InChI=1S/C7H14NO4S/c1-5-7(9)6-8(2,3)12-13(4,10)11/h5H,1,6H2,2-4H3/q+1. The van der Waals surface area contributed by atoms with Gasteiger partial charge in [-0.2, -0.15) is 13.1 Å². The number of ketones is 1. The fourth-order valence-corrected chi connectivity index (χ4v) is 1.62. The highest BCUT2D eigenvalue weighted by Crippen LogP contribution is 2.03. The molecule has 0 amide bonds. The zero-order chi connectivity index (χ0) is 10.7. The molecule has 0 atom stereocenters. The molecule has 6 heteroatoms. The Balaban J connectivity index is 4.41. The van der Waals surface area contributed by atoms with E-state index in [1.165, 1.54) is 14.1 Å². The van der Waals surface area contributed by atoms with Crippen molar-refractivity contribution in [2.45, 2.75) is 0 Å². The molecular weight excluding hydrogens is 194 g/mol. The minimum Gasteiger partial charge on any atom is -0.288 e. The summed E-state index contributed by atoms with van der Waals surface area (Å²) in [6.07, 6.45) is 2.07. The van der Waals surface area contributed by atoms with Crippen molar-refractivity contribution in [3.8, 4) is 0 Å². The van der Waals surface area contributed by atoms with Crippen LogP contribution in [-0.2, 0) is 19.2 Å². The van der Waals surface area contributed by atoms with Crippen molar-refractivity contribution in [3.05, 3.63) is 12.7 Å². The molecular formula is C7H14NO4S+. The summed E-state index contributed by atoms with van der Waals surface area (Å²) in [5.74, 6) is -0.270. The van der Waals surface area contributed by atoms with Gasteiger partial charge in [0.2, 0.25) is 5.78 Å². The predicted octanol–water partition coefficient (Wildman–Crippen LogP) is -0.291. The maximum atomic E-state index is 10.9. The van der Waals surface area contributed by atoms with Crippen molar-refractivity contribution in [1.82, 2.24) is 0 Å². The maximum Gasteiger partial charge on any atom is 0.311 e. The Hall–Kier alpha value is -0.720. The largest absolute Gasteiger partial charge is 0.311 e. The van der Waals surface area contributed by atoms with E-state index in [9.17, 15) is 13.2 Å². The van der Waals surface area contributed by atoms with E-state index in [1.54, 1.807) is 0 Å². The fraction of sp³-hybridized carbons (Fsp3) is 0.571. The van der Waals surface area contributed by atoms with Crippen molar-refractivity contribution < 1.29 is 22.1 Å². The van der Waals surface area contributed by atoms with Crippen LogP contribution in [0.15, 0.2) is 12.7 Å². The summed E-state index contributed by atoms with van der Waals surface area (Å²) < 4.78 is 25.8. The Morgan fingerprint density at radius 2 is 2.00 bits per heavy atom. The van der Waals surface area contributed by atoms with Gasteiger partial charge in [-0.25, -0.2) is 0 Å². The van der Waals surface area contributed by atoms with Gasteiger partial charge in [-0.15, -0.1) is 0 Å². The lowest BCUT2D eigenvalue weighted by Gasteiger charge is -2.22. The Morgan fingerprint density at radius 3 is 2.31 bits per heavy atom. The lowest BCUT2D eigenvalue weighted by molar-refractivity contribution is -1.04. The molecule has 0 aliphatic rings. The van der Waals surface area contributed by atoms with E-state index in [0.29, 0.717) is 0 Å². The summed E-state index contributed by atoms with van der Waals surface area (Å²) in [6.45, 7) is 3.22. The second-order valence-corrected chi connectivity index (χ2v) is 4.74. The number of hydrogen-bond donors (Lipinski definition) is 0. The van der Waals surface area contributed by atoms with E-state index in [2.05, 4.69) is 10.9 Å². The average molecular weight is 208 g/mol. The Kier molecular flexibility index (Phi) is 3.77. The van der Waals surface area contributed by atoms with Crippen LogP contribution in [0, 0.1) is 0 Å². The van der Waals surface area contributed by atoms with Crippen LogP contribution < -0.4 is 0 Å². The van der Waals surface area contributed by atoms with Gasteiger partial charge in [0.05, 0.1) is 6.26 Å². The third-order valence-corrected chi connectivity index (χ3v) is 1.78. The monoisotopic (exact) mass is 208 g/mol. The van der Waals surface area contributed by atoms with Crippen molar-refractivity contribution in [3.63, 3.8) is 0 Å². The first-order chi connectivity index (χ1) is 5.66. The zero-order valence-corrected chi connectivity index (χ0v) is 8.80. The molecule has 5 nitrogen and oxygen atoms in total. The summed E-state index contributed by atoms with van der Waals surface area (Å²) >= 11 is 0. The minimum atomic E-state index is -3.55. The van der Waals surface area contributed by atoms with E-state index < -0.39 is 10.1 Å². The first-order valence-corrected chi connectivity index (χ1v) is 5.37. The second-order valence-electron chi connectivity index (χ2n) is 3.18. The molecule has 0 saturated carbocycles. The van der Waals surface area contributed by atoms with Crippen LogP contribution >= 0.6 is 0 Å². The van der Waals surface area contributed by atoms with Gasteiger partial charge in [-0.3, -0.25) is 4.79 Å². The molecule has 76 valence electrons. The number of carbonyl (C=O) groups excluding carboxylic acids is 1. The molecule has 0 aliphatic heterocycles. The molecule has 0 fully saturated rings. The van der Waals surface area contributed by atoms with Gasteiger partial charge in [0.25, 0.3) is 0 Å². The zero-order valence-electron chi connectivity index (χ0n) is 7.98. The third kappa shape index (κ3) is 6.44. The van der Waals surface area contributed by atoms with E-state index in [4.69, 9.17) is 0 Å². The van der Waals surface area contributed by atoms with Crippen LogP contribution in [0.5, 0.6) is 0 Å². The Morgan fingerprint density at radius 1 is 1.54 bits per heavy atom.